The first-order valence-corrected chi connectivity index (χ1v) is 13.3. The average molecular weight is 512 g/mol. The standard InChI is InChI=1S/C22H37N7O5S/c1-35-10-7-17(22(33)34)28-21(32)18(11-14-12-24-13-26-14)29-20(31)16(5-2-3-8-23)27-19(30)15-6-4-9-25-15/h12-13,15-18,25H,2-11,23H2,1H3,(H,24,26)(H,27,30)(H,28,32)(H,29,31)(H,33,34). The maximum Gasteiger partial charge on any atom is 0.326 e. The zero-order valence-electron chi connectivity index (χ0n) is 20.0. The molecule has 1 saturated heterocycles. The molecule has 2 rings (SSSR count). The molecule has 8 N–H and O–H groups in total. The lowest BCUT2D eigenvalue weighted by atomic mass is 10.1. The fourth-order valence-corrected chi connectivity index (χ4v) is 4.28. The Labute approximate surface area is 209 Å². The molecule has 35 heavy (non-hydrogen) atoms. The van der Waals surface area contributed by atoms with Crippen LogP contribution in [0.4, 0.5) is 0 Å². The number of aromatic amines is 1. The van der Waals surface area contributed by atoms with E-state index in [1.165, 1.54) is 24.3 Å². The van der Waals surface area contributed by atoms with Gasteiger partial charge in [-0.2, -0.15) is 11.8 Å². The minimum absolute atomic E-state index is 0.0834. The monoisotopic (exact) mass is 511 g/mol. The van der Waals surface area contributed by atoms with Crippen LogP contribution in [-0.4, -0.2) is 88.0 Å². The van der Waals surface area contributed by atoms with Crippen LogP contribution in [0.5, 0.6) is 0 Å². The Balaban J connectivity index is 2.13. The smallest absolute Gasteiger partial charge is 0.326 e. The summed E-state index contributed by atoms with van der Waals surface area (Å²) in [5, 5.41) is 20.6. The first-order valence-electron chi connectivity index (χ1n) is 11.9. The second-order valence-electron chi connectivity index (χ2n) is 8.52. The Kier molecular flexibility index (Phi) is 12.6. The summed E-state index contributed by atoms with van der Waals surface area (Å²) in [5.41, 5.74) is 6.18. The molecule has 1 aromatic rings. The van der Waals surface area contributed by atoms with E-state index in [1.54, 1.807) is 0 Å². The molecule has 0 spiro atoms. The molecule has 0 aliphatic carbocycles. The highest BCUT2D eigenvalue weighted by atomic mass is 32.2. The Bertz CT molecular complexity index is 817. The van der Waals surface area contributed by atoms with Crippen molar-refractivity contribution in [3.63, 3.8) is 0 Å². The number of nitrogens with two attached hydrogens (primary N) is 1. The van der Waals surface area contributed by atoms with Crippen molar-refractivity contribution in [2.45, 2.75) is 69.1 Å². The number of carbonyl (C=O) groups excluding carboxylic acids is 3. The third-order valence-electron chi connectivity index (χ3n) is 5.79. The number of unbranched alkanes of at least 4 members (excludes halogenated alkanes) is 1. The van der Waals surface area contributed by atoms with Crippen LogP contribution in [0.25, 0.3) is 0 Å². The number of hydrogen-bond acceptors (Lipinski definition) is 8. The van der Waals surface area contributed by atoms with Crippen molar-refractivity contribution in [2.24, 2.45) is 5.73 Å². The molecule has 1 aliphatic rings. The molecule has 13 heteroatoms. The summed E-state index contributed by atoms with van der Waals surface area (Å²) < 4.78 is 0. The highest BCUT2D eigenvalue weighted by molar-refractivity contribution is 7.98. The second-order valence-corrected chi connectivity index (χ2v) is 9.50. The number of imidazole rings is 1. The van der Waals surface area contributed by atoms with Gasteiger partial charge in [0.25, 0.3) is 0 Å². The number of carbonyl (C=O) groups is 4. The lowest BCUT2D eigenvalue weighted by Gasteiger charge is -2.25. The number of carboxylic acid groups (broad SMARTS) is 1. The number of aliphatic carboxylic acids is 1. The summed E-state index contributed by atoms with van der Waals surface area (Å²) in [6.45, 7) is 1.21. The van der Waals surface area contributed by atoms with Crippen molar-refractivity contribution in [3.05, 3.63) is 18.2 Å². The average Bonchev–Trinajstić information content (AvgIpc) is 3.55. The van der Waals surface area contributed by atoms with E-state index >= 15 is 0 Å². The molecule has 1 fully saturated rings. The van der Waals surface area contributed by atoms with E-state index in [0.717, 1.165) is 13.0 Å². The van der Waals surface area contributed by atoms with E-state index in [-0.39, 0.29) is 24.8 Å². The van der Waals surface area contributed by atoms with Crippen molar-refractivity contribution in [3.8, 4) is 0 Å². The maximum absolute atomic E-state index is 13.2. The number of aromatic nitrogens is 2. The van der Waals surface area contributed by atoms with Crippen LogP contribution >= 0.6 is 11.8 Å². The molecule has 3 amide bonds. The highest BCUT2D eigenvalue weighted by Gasteiger charge is 2.31. The van der Waals surface area contributed by atoms with Crippen LogP contribution in [0.15, 0.2) is 12.5 Å². The first kappa shape index (κ1) is 28.6. The molecule has 1 aromatic heterocycles. The normalized spacial score (nSPS) is 17.8. The zero-order valence-corrected chi connectivity index (χ0v) is 20.9. The lowest BCUT2D eigenvalue weighted by Crippen LogP contribution is -2.57. The van der Waals surface area contributed by atoms with Gasteiger partial charge in [0.05, 0.1) is 12.4 Å². The SMILES string of the molecule is CSCCC(NC(=O)C(Cc1cnc[nH]1)NC(=O)C(CCCCN)NC(=O)C1CCCN1)C(=O)O. The lowest BCUT2D eigenvalue weighted by molar-refractivity contribution is -0.142. The number of nitrogens with zero attached hydrogens (tertiary/aromatic N) is 1. The number of carboxylic acids is 1. The number of amides is 3. The third-order valence-corrected chi connectivity index (χ3v) is 6.44. The highest BCUT2D eigenvalue weighted by Crippen LogP contribution is 2.09. The van der Waals surface area contributed by atoms with Gasteiger partial charge in [0, 0.05) is 18.3 Å². The topological polar surface area (TPSA) is 191 Å². The molecule has 4 atom stereocenters. The van der Waals surface area contributed by atoms with E-state index in [2.05, 4.69) is 31.2 Å². The van der Waals surface area contributed by atoms with Gasteiger partial charge in [-0.05, 0) is 63.6 Å². The molecular weight excluding hydrogens is 474 g/mol. The van der Waals surface area contributed by atoms with Gasteiger partial charge in [-0.1, -0.05) is 0 Å². The van der Waals surface area contributed by atoms with Gasteiger partial charge in [0.2, 0.25) is 17.7 Å². The van der Waals surface area contributed by atoms with Crippen LogP contribution in [0.2, 0.25) is 0 Å². The van der Waals surface area contributed by atoms with Crippen LogP contribution in [-0.2, 0) is 25.6 Å². The summed E-state index contributed by atoms with van der Waals surface area (Å²) in [6, 6.07) is -3.33. The Morgan fingerprint density at radius 1 is 1.14 bits per heavy atom. The van der Waals surface area contributed by atoms with Crippen molar-refractivity contribution in [1.29, 1.82) is 0 Å². The van der Waals surface area contributed by atoms with Crippen molar-refractivity contribution < 1.29 is 24.3 Å². The van der Waals surface area contributed by atoms with Gasteiger partial charge in [-0.25, -0.2) is 9.78 Å². The summed E-state index contributed by atoms with van der Waals surface area (Å²) in [4.78, 5) is 57.4. The summed E-state index contributed by atoms with van der Waals surface area (Å²) in [6.07, 6.45) is 8.43. The quantitative estimate of drug-likeness (QED) is 0.138. The van der Waals surface area contributed by atoms with Gasteiger partial charge in [-0.15, -0.1) is 0 Å². The Morgan fingerprint density at radius 2 is 1.89 bits per heavy atom. The van der Waals surface area contributed by atoms with E-state index in [9.17, 15) is 24.3 Å². The summed E-state index contributed by atoms with van der Waals surface area (Å²) in [5.74, 6) is -1.97. The molecule has 0 radical (unpaired) electrons. The van der Waals surface area contributed by atoms with Gasteiger partial charge < -0.3 is 37.1 Å². The molecule has 0 bridgehead atoms. The van der Waals surface area contributed by atoms with Gasteiger partial charge in [-0.3, -0.25) is 14.4 Å². The fourth-order valence-electron chi connectivity index (χ4n) is 3.81. The fraction of sp³-hybridized carbons (Fsp3) is 0.682. The molecular formula is C22H37N7O5S. The molecule has 2 heterocycles. The van der Waals surface area contributed by atoms with Gasteiger partial charge >= 0.3 is 5.97 Å². The molecule has 0 saturated carbocycles. The van der Waals surface area contributed by atoms with Crippen LogP contribution in [0, 0.1) is 0 Å². The van der Waals surface area contributed by atoms with Gasteiger partial charge in [0.15, 0.2) is 0 Å². The van der Waals surface area contributed by atoms with Crippen LogP contribution in [0.3, 0.4) is 0 Å². The second kappa shape index (κ2) is 15.4. The van der Waals surface area contributed by atoms with E-state index in [4.69, 9.17) is 5.73 Å². The molecule has 0 aromatic carbocycles. The Morgan fingerprint density at radius 3 is 2.49 bits per heavy atom. The predicted octanol–water partition coefficient (Wildman–Crippen LogP) is -0.875. The largest absolute Gasteiger partial charge is 0.480 e. The molecule has 12 nitrogen and oxygen atoms in total. The van der Waals surface area contributed by atoms with Crippen molar-refractivity contribution >= 4 is 35.5 Å². The summed E-state index contributed by atoms with van der Waals surface area (Å²) >= 11 is 1.47. The number of hydrogen-bond donors (Lipinski definition) is 7. The predicted molar refractivity (Wildman–Crippen MR) is 133 cm³/mol. The van der Waals surface area contributed by atoms with E-state index in [1.807, 2.05) is 6.26 Å². The summed E-state index contributed by atoms with van der Waals surface area (Å²) in [7, 11) is 0. The van der Waals surface area contributed by atoms with E-state index < -0.39 is 35.9 Å². The molecule has 4 unspecified atom stereocenters. The van der Waals surface area contributed by atoms with E-state index in [0.29, 0.717) is 43.7 Å². The maximum atomic E-state index is 13.2. The molecule has 196 valence electrons. The molecule has 1 aliphatic heterocycles. The van der Waals surface area contributed by atoms with Crippen LogP contribution < -0.4 is 27.0 Å². The first-order chi connectivity index (χ1) is 16.8. The number of nitrogens with one attached hydrogen (secondary N) is 5. The van der Waals surface area contributed by atoms with Crippen molar-refractivity contribution in [2.75, 3.05) is 25.1 Å². The number of H-pyrrole nitrogens is 1. The number of thioether (sulfide) groups is 1. The Hall–Kier alpha value is -2.64. The van der Waals surface area contributed by atoms with Crippen molar-refractivity contribution in [1.82, 2.24) is 31.2 Å². The van der Waals surface area contributed by atoms with Gasteiger partial charge in [0.1, 0.15) is 18.1 Å². The number of rotatable bonds is 16. The van der Waals surface area contributed by atoms with Crippen LogP contribution in [0.1, 0.15) is 44.2 Å². The third kappa shape index (κ3) is 9.86. The minimum Gasteiger partial charge on any atom is -0.480 e. The minimum atomic E-state index is -1.14. The zero-order chi connectivity index (χ0) is 25.6.